The molecule has 1 saturated heterocycles. The minimum atomic E-state index is -3.40. The minimum Gasteiger partial charge on any atom is -0.450 e. The van der Waals surface area contributed by atoms with Crippen molar-refractivity contribution in [3.63, 3.8) is 0 Å². The van der Waals surface area contributed by atoms with Crippen molar-refractivity contribution in [1.82, 2.24) is 14.6 Å². The van der Waals surface area contributed by atoms with E-state index in [9.17, 15) is 13.2 Å². The maximum Gasteiger partial charge on any atom is 0.410 e. The van der Waals surface area contributed by atoms with Gasteiger partial charge in [0.2, 0.25) is 10.0 Å². The second-order valence-electron chi connectivity index (χ2n) is 7.22. The highest BCUT2D eigenvalue weighted by Gasteiger charge is 2.36. The Labute approximate surface area is 172 Å². The van der Waals surface area contributed by atoms with Crippen LogP contribution in [0.4, 0.5) is 4.79 Å². The zero-order valence-electron chi connectivity index (χ0n) is 16.7. The Bertz CT molecular complexity index is 934. The van der Waals surface area contributed by atoms with Crippen LogP contribution in [0.3, 0.4) is 0 Å². The molecule has 1 N–H and O–H groups in total. The number of rotatable bonds is 6. The quantitative estimate of drug-likeness (QED) is 0.781. The molecule has 3 rings (SSSR count). The molecular formula is C21H27N3O4S. The average Bonchev–Trinajstić information content (AvgIpc) is 2.69. The van der Waals surface area contributed by atoms with E-state index in [2.05, 4.69) is 9.71 Å². The van der Waals surface area contributed by atoms with Gasteiger partial charge in [0.15, 0.2) is 0 Å². The van der Waals surface area contributed by atoms with Crippen LogP contribution in [-0.4, -0.2) is 55.9 Å². The standard InChI is InChI=1S/C21H27N3O4S/c1-3-28-21(25)24-13-7-10-18(23-29(2,26)27)20(24)15-16-11-12-22-19(14-16)17-8-5-4-6-9-17/h4-6,8-9,11-12,14,18,20,23H,3,7,10,13,15H2,1-2H3/t18-,20-/m1/s1. The van der Waals surface area contributed by atoms with Crippen molar-refractivity contribution >= 4 is 16.1 Å². The summed E-state index contributed by atoms with van der Waals surface area (Å²) < 4.78 is 31.7. The molecule has 2 aromatic rings. The molecule has 1 amide bonds. The molecule has 1 aromatic heterocycles. The highest BCUT2D eigenvalue weighted by molar-refractivity contribution is 7.88. The van der Waals surface area contributed by atoms with Gasteiger partial charge in [-0.15, -0.1) is 0 Å². The van der Waals surface area contributed by atoms with E-state index in [-0.39, 0.29) is 18.7 Å². The van der Waals surface area contributed by atoms with Crippen LogP contribution in [0.2, 0.25) is 0 Å². The molecule has 1 fully saturated rings. The number of carbonyl (C=O) groups excluding carboxylic acids is 1. The summed E-state index contributed by atoms with van der Waals surface area (Å²) in [5.74, 6) is 0. The van der Waals surface area contributed by atoms with Gasteiger partial charge in [-0.2, -0.15) is 0 Å². The molecular weight excluding hydrogens is 390 g/mol. The number of benzene rings is 1. The summed E-state index contributed by atoms with van der Waals surface area (Å²) in [7, 11) is -3.40. The van der Waals surface area contributed by atoms with Crippen molar-refractivity contribution in [1.29, 1.82) is 0 Å². The number of ether oxygens (including phenoxy) is 1. The molecule has 0 unspecified atom stereocenters. The molecule has 0 bridgehead atoms. The van der Waals surface area contributed by atoms with Crippen molar-refractivity contribution < 1.29 is 17.9 Å². The zero-order valence-corrected chi connectivity index (χ0v) is 17.6. The molecule has 1 aliphatic rings. The molecule has 2 atom stereocenters. The number of nitrogens with zero attached hydrogens (tertiary/aromatic N) is 2. The lowest BCUT2D eigenvalue weighted by Gasteiger charge is -2.40. The highest BCUT2D eigenvalue weighted by Crippen LogP contribution is 2.25. The fraction of sp³-hybridized carbons (Fsp3) is 0.429. The Morgan fingerprint density at radius 3 is 2.72 bits per heavy atom. The molecule has 8 heteroatoms. The molecule has 156 valence electrons. The number of hydrogen-bond donors (Lipinski definition) is 1. The third-order valence-electron chi connectivity index (χ3n) is 4.99. The van der Waals surface area contributed by atoms with Gasteiger partial charge in [0.25, 0.3) is 0 Å². The predicted molar refractivity (Wildman–Crippen MR) is 112 cm³/mol. The normalized spacial score (nSPS) is 19.7. The van der Waals surface area contributed by atoms with Crippen LogP contribution in [0.5, 0.6) is 0 Å². The molecule has 0 aliphatic carbocycles. The number of likely N-dealkylation sites (tertiary alicyclic amines) is 1. The zero-order chi connectivity index (χ0) is 20.9. The SMILES string of the molecule is CCOC(=O)N1CCC[C@@H](NS(C)(=O)=O)[C@H]1Cc1ccnc(-c2ccccc2)c1. The van der Waals surface area contributed by atoms with E-state index in [1.165, 1.54) is 0 Å². The second-order valence-corrected chi connectivity index (χ2v) is 9.00. The van der Waals surface area contributed by atoms with Crippen LogP contribution in [-0.2, 0) is 21.2 Å². The van der Waals surface area contributed by atoms with Crippen molar-refractivity contribution in [3.05, 3.63) is 54.2 Å². The van der Waals surface area contributed by atoms with E-state index in [1.54, 1.807) is 18.0 Å². The van der Waals surface area contributed by atoms with E-state index in [0.29, 0.717) is 25.8 Å². The van der Waals surface area contributed by atoms with Crippen LogP contribution in [0.1, 0.15) is 25.3 Å². The van der Waals surface area contributed by atoms with E-state index < -0.39 is 16.1 Å². The molecule has 0 radical (unpaired) electrons. The first kappa shape index (κ1) is 21.3. The van der Waals surface area contributed by atoms with Gasteiger partial charge in [-0.3, -0.25) is 4.98 Å². The Balaban J connectivity index is 1.89. The van der Waals surface area contributed by atoms with Crippen LogP contribution in [0, 0.1) is 0 Å². The molecule has 7 nitrogen and oxygen atoms in total. The molecule has 29 heavy (non-hydrogen) atoms. The number of amides is 1. The third-order valence-corrected chi connectivity index (χ3v) is 5.72. The van der Waals surface area contributed by atoms with Crippen LogP contribution < -0.4 is 4.72 Å². The number of pyridine rings is 1. The van der Waals surface area contributed by atoms with E-state index in [0.717, 1.165) is 23.1 Å². The van der Waals surface area contributed by atoms with Crippen molar-refractivity contribution in [3.8, 4) is 11.3 Å². The Kier molecular flexibility index (Phi) is 6.87. The van der Waals surface area contributed by atoms with Gasteiger partial charge in [-0.05, 0) is 43.9 Å². The van der Waals surface area contributed by atoms with Gasteiger partial charge in [-0.1, -0.05) is 30.3 Å². The summed E-state index contributed by atoms with van der Waals surface area (Å²) in [6.07, 6.45) is 4.38. The lowest BCUT2D eigenvalue weighted by atomic mass is 9.91. The van der Waals surface area contributed by atoms with Crippen LogP contribution in [0.25, 0.3) is 11.3 Å². The third kappa shape index (κ3) is 5.77. The fourth-order valence-corrected chi connectivity index (χ4v) is 4.59. The summed E-state index contributed by atoms with van der Waals surface area (Å²) in [6.45, 7) is 2.58. The molecule has 1 aromatic carbocycles. The maximum atomic E-state index is 12.5. The summed E-state index contributed by atoms with van der Waals surface area (Å²) in [6, 6.07) is 13.1. The van der Waals surface area contributed by atoms with E-state index in [1.807, 2.05) is 42.5 Å². The van der Waals surface area contributed by atoms with Gasteiger partial charge in [-0.25, -0.2) is 17.9 Å². The van der Waals surface area contributed by atoms with Gasteiger partial charge in [0.1, 0.15) is 0 Å². The maximum absolute atomic E-state index is 12.5. The van der Waals surface area contributed by atoms with Crippen LogP contribution >= 0.6 is 0 Å². The van der Waals surface area contributed by atoms with Gasteiger partial charge in [0.05, 0.1) is 24.6 Å². The van der Waals surface area contributed by atoms with Gasteiger partial charge >= 0.3 is 6.09 Å². The van der Waals surface area contributed by atoms with Crippen molar-refractivity contribution in [2.24, 2.45) is 0 Å². The second kappa shape index (κ2) is 9.37. The predicted octanol–water partition coefficient (Wildman–Crippen LogP) is 2.83. The lowest BCUT2D eigenvalue weighted by Crippen LogP contribution is -2.57. The largest absolute Gasteiger partial charge is 0.450 e. The summed E-state index contributed by atoms with van der Waals surface area (Å²) in [5, 5.41) is 0. The van der Waals surface area contributed by atoms with Crippen molar-refractivity contribution in [2.75, 3.05) is 19.4 Å². The Morgan fingerprint density at radius 1 is 1.28 bits per heavy atom. The summed E-state index contributed by atoms with van der Waals surface area (Å²) in [5.41, 5.74) is 2.83. The number of piperidine rings is 1. The number of aromatic nitrogens is 1. The highest BCUT2D eigenvalue weighted by atomic mass is 32.2. The Morgan fingerprint density at radius 2 is 2.03 bits per heavy atom. The number of carbonyl (C=O) groups is 1. The first-order valence-corrected chi connectivity index (χ1v) is 11.7. The van der Waals surface area contributed by atoms with Crippen molar-refractivity contribution in [2.45, 2.75) is 38.3 Å². The first-order chi connectivity index (χ1) is 13.9. The monoisotopic (exact) mass is 417 g/mol. The Hall–Kier alpha value is -2.45. The fourth-order valence-electron chi connectivity index (χ4n) is 3.76. The molecule has 2 heterocycles. The van der Waals surface area contributed by atoms with E-state index >= 15 is 0 Å². The molecule has 0 spiro atoms. The van der Waals surface area contributed by atoms with Crippen LogP contribution in [0.15, 0.2) is 48.7 Å². The van der Waals surface area contributed by atoms with Gasteiger partial charge < -0.3 is 9.64 Å². The minimum absolute atomic E-state index is 0.277. The lowest BCUT2D eigenvalue weighted by molar-refractivity contribution is 0.0678. The topological polar surface area (TPSA) is 88.6 Å². The number of nitrogens with one attached hydrogen (secondary N) is 1. The number of hydrogen-bond acceptors (Lipinski definition) is 5. The average molecular weight is 418 g/mol. The number of sulfonamides is 1. The molecule has 1 aliphatic heterocycles. The first-order valence-electron chi connectivity index (χ1n) is 9.78. The smallest absolute Gasteiger partial charge is 0.410 e. The summed E-state index contributed by atoms with van der Waals surface area (Å²) >= 11 is 0. The van der Waals surface area contributed by atoms with Gasteiger partial charge in [0, 0.05) is 24.3 Å². The summed E-state index contributed by atoms with van der Waals surface area (Å²) in [4.78, 5) is 18.6. The molecule has 0 saturated carbocycles. The van der Waals surface area contributed by atoms with E-state index in [4.69, 9.17) is 4.74 Å².